The summed E-state index contributed by atoms with van der Waals surface area (Å²) in [5.74, 6) is -3.12. The molecule has 1 fully saturated rings. The third-order valence-corrected chi connectivity index (χ3v) is 4.56. The summed E-state index contributed by atoms with van der Waals surface area (Å²) < 4.78 is 54.1. The van der Waals surface area contributed by atoms with Crippen LogP contribution in [0, 0.1) is 11.7 Å². The minimum atomic E-state index is -4.43. The number of halogens is 4. The smallest absolute Gasteiger partial charge is 0.326 e. The summed E-state index contributed by atoms with van der Waals surface area (Å²) in [6.45, 7) is -0.786. The quantitative estimate of drug-likeness (QED) is 0.769. The van der Waals surface area contributed by atoms with Crippen molar-refractivity contribution < 1.29 is 22.4 Å². The van der Waals surface area contributed by atoms with Crippen LogP contribution in [-0.2, 0) is 4.79 Å². The van der Waals surface area contributed by atoms with E-state index in [0.29, 0.717) is 0 Å². The second-order valence-electron chi connectivity index (χ2n) is 6.63. The number of rotatable bonds is 4. The van der Waals surface area contributed by atoms with Crippen LogP contribution in [0.5, 0.6) is 0 Å². The van der Waals surface area contributed by atoms with Gasteiger partial charge >= 0.3 is 6.18 Å². The van der Waals surface area contributed by atoms with Gasteiger partial charge in [-0.1, -0.05) is 6.07 Å². The SMILES string of the molecule is NC1CN(CC(=O)Nc2ccc(-n3ccccc3=O)cc2F)CC1C(F)(F)F. The summed E-state index contributed by atoms with van der Waals surface area (Å²) in [5.41, 5.74) is 5.31. The van der Waals surface area contributed by atoms with Gasteiger partial charge in [0, 0.05) is 37.5 Å². The number of likely N-dealkylation sites (tertiary alicyclic amines) is 1. The van der Waals surface area contributed by atoms with E-state index >= 15 is 0 Å². The number of nitrogens with zero attached hydrogens (tertiary/aromatic N) is 2. The molecule has 1 aromatic carbocycles. The maximum atomic E-state index is 14.3. The van der Waals surface area contributed by atoms with Crippen LogP contribution < -0.4 is 16.6 Å². The van der Waals surface area contributed by atoms with Gasteiger partial charge in [-0.25, -0.2) is 4.39 Å². The Morgan fingerprint density at radius 1 is 1.21 bits per heavy atom. The van der Waals surface area contributed by atoms with Gasteiger partial charge in [0.2, 0.25) is 5.91 Å². The summed E-state index contributed by atoms with van der Waals surface area (Å²) in [6.07, 6.45) is -2.95. The molecule has 0 bridgehead atoms. The average Bonchev–Trinajstić information content (AvgIpc) is 2.97. The molecule has 2 atom stereocenters. The number of pyridine rings is 1. The molecule has 3 rings (SSSR count). The van der Waals surface area contributed by atoms with Crippen molar-refractivity contribution in [2.75, 3.05) is 25.0 Å². The van der Waals surface area contributed by atoms with E-state index in [1.165, 1.54) is 33.9 Å². The molecule has 2 unspecified atom stereocenters. The van der Waals surface area contributed by atoms with Crippen LogP contribution in [0.3, 0.4) is 0 Å². The summed E-state index contributed by atoms with van der Waals surface area (Å²) in [7, 11) is 0. The predicted octanol–water partition coefficient (Wildman–Crippen LogP) is 1.74. The first-order valence-corrected chi connectivity index (χ1v) is 8.47. The number of aromatic nitrogens is 1. The molecule has 0 aliphatic carbocycles. The number of anilines is 1. The van der Waals surface area contributed by atoms with E-state index in [9.17, 15) is 27.2 Å². The number of hydrogen-bond acceptors (Lipinski definition) is 4. The van der Waals surface area contributed by atoms with E-state index in [1.807, 2.05) is 0 Å². The summed E-state index contributed by atoms with van der Waals surface area (Å²) >= 11 is 0. The highest BCUT2D eigenvalue weighted by molar-refractivity contribution is 5.92. The number of amides is 1. The first-order valence-electron chi connectivity index (χ1n) is 8.47. The summed E-state index contributed by atoms with van der Waals surface area (Å²) in [4.78, 5) is 25.2. The van der Waals surface area contributed by atoms with Crippen molar-refractivity contribution in [3.05, 3.63) is 58.8 Å². The van der Waals surface area contributed by atoms with Crippen LogP contribution in [0.4, 0.5) is 23.2 Å². The van der Waals surface area contributed by atoms with Gasteiger partial charge in [0.1, 0.15) is 5.82 Å². The second kappa shape index (κ2) is 7.72. The zero-order valence-electron chi connectivity index (χ0n) is 14.6. The molecule has 1 aromatic heterocycles. The number of nitrogens with one attached hydrogen (secondary N) is 1. The second-order valence-corrected chi connectivity index (χ2v) is 6.63. The Labute approximate surface area is 157 Å². The zero-order chi connectivity index (χ0) is 20.5. The van der Waals surface area contributed by atoms with Crippen molar-refractivity contribution in [3.8, 4) is 5.69 Å². The normalized spacial score (nSPS) is 20.3. The first kappa shape index (κ1) is 20.0. The van der Waals surface area contributed by atoms with Gasteiger partial charge in [0.15, 0.2) is 0 Å². The molecular weight excluding hydrogens is 380 g/mol. The molecule has 6 nitrogen and oxygen atoms in total. The molecule has 0 saturated carbocycles. The molecule has 2 aromatic rings. The van der Waals surface area contributed by atoms with Crippen LogP contribution in [0.1, 0.15) is 0 Å². The Balaban J connectivity index is 1.65. The van der Waals surface area contributed by atoms with Crippen molar-refractivity contribution in [2.24, 2.45) is 11.7 Å². The van der Waals surface area contributed by atoms with E-state index in [-0.39, 0.29) is 36.6 Å². The first-order chi connectivity index (χ1) is 13.1. The fourth-order valence-electron chi connectivity index (χ4n) is 3.18. The number of carbonyl (C=O) groups is 1. The Morgan fingerprint density at radius 2 is 1.96 bits per heavy atom. The Kier molecular flexibility index (Phi) is 5.52. The molecule has 3 N–H and O–H groups in total. The van der Waals surface area contributed by atoms with Crippen LogP contribution in [0.2, 0.25) is 0 Å². The molecule has 1 saturated heterocycles. The molecule has 0 spiro atoms. The predicted molar refractivity (Wildman–Crippen MR) is 94.6 cm³/mol. The van der Waals surface area contributed by atoms with Crippen molar-refractivity contribution in [1.29, 1.82) is 0 Å². The van der Waals surface area contributed by atoms with Crippen LogP contribution in [-0.4, -0.2) is 47.2 Å². The molecule has 1 aliphatic heterocycles. The van der Waals surface area contributed by atoms with Gasteiger partial charge in [-0.05, 0) is 18.2 Å². The van der Waals surface area contributed by atoms with E-state index in [2.05, 4.69) is 5.32 Å². The van der Waals surface area contributed by atoms with Gasteiger partial charge in [-0.2, -0.15) is 13.2 Å². The Hall–Kier alpha value is -2.72. The Bertz CT molecular complexity index is 928. The van der Waals surface area contributed by atoms with Crippen molar-refractivity contribution in [2.45, 2.75) is 12.2 Å². The van der Waals surface area contributed by atoms with E-state index in [1.54, 1.807) is 12.1 Å². The van der Waals surface area contributed by atoms with E-state index < -0.39 is 29.9 Å². The van der Waals surface area contributed by atoms with E-state index in [0.717, 1.165) is 6.07 Å². The van der Waals surface area contributed by atoms with Gasteiger partial charge in [0.05, 0.1) is 23.8 Å². The average molecular weight is 398 g/mol. The fourth-order valence-corrected chi connectivity index (χ4v) is 3.18. The molecule has 0 radical (unpaired) electrons. The highest BCUT2D eigenvalue weighted by atomic mass is 19.4. The standard InChI is InChI=1S/C18H18F4N4O2/c19-13-7-11(26-6-2-1-3-17(26)28)4-5-15(13)24-16(27)10-25-8-12(14(23)9-25)18(20,21)22/h1-7,12,14H,8-10,23H2,(H,24,27). The minimum Gasteiger partial charge on any atom is -0.326 e. The highest BCUT2D eigenvalue weighted by Gasteiger charge is 2.48. The summed E-state index contributed by atoms with van der Waals surface area (Å²) in [6, 6.07) is 7.21. The zero-order valence-corrected chi connectivity index (χ0v) is 14.6. The maximum absolute atomic E-state index is 14.3. The van der Waals surface area contributed by atoms with E-state index in [4.69, 9.17) is 5.73 Å². The number of benzene rings is 1. The number of carbonyl (C=O) groups excluding carboxylic acids is 1. The van der Waals surface area contributed by atoms with Crippen molar-refractivity contribution >= 4 is 11.6 Å². The lowest BCUT2D eigenvalue weighted by Crippen LogP contribution is -2.38. The monoisotopic (exact) mass is 398 g/mol. The highest BCUT2D eigenvalue weighted by Crippen LogP contribution is 2.32. The molecule has 10 heteroatoms. The third-order valence-electron chi connectivity index (χ3n) is 4.56. The Morgan fingerprint density at radius 3 is 2.57 bits per heavy atom. The molecule has 2 heterocycles. The number of hydrogen-bond donors (Lipinski definition) is 2. The molecule has 1 aliphatic rings. The van der Waals surface area contributed by atoms with Crippen LogP contribution in [0.15, 0.2) is 47.4 Å². The lowest BCUT2D eigenvalue weighted by molar-refractivity contribution is -0.173. The van der Waals surface area contributed by atoms with Crippen LogP contribution in [0.25, 0.3) is 5.69 Å². The van der Waals surface area contributed by atoms with Gasteiger partial charge in [-0.15, -0.1) is 0 Å². The molecule has 28 heavy (non-hydrogen) atoms. The number of alkyl halides is 3. The van der Waals surface area contributed by atoms with Crippen molar-refractivity contribution in [1.82, 2.24) is 9.47 Å². The molecule has 150 valence electrons. The van der Waals surface area contributed by atoms with Gasteiger partial charge in [-0.3, -0.25) is 19.1 Å². The summed E-state index contributed by atoms with van der Waals surface area (Å²) in [5, 5.41) is 2.33. The lowest BCUT2D eigenvalue weighted by Gasteiger charge is -2.18. The maximum Gasteiger partial charge on any atom is 0.394 e. The fraction of sp³-hybridized carbons (Fsp3) is 0.333. The van der Waals surface area contributed by atoms with Crippen LogP contribution >= 0.6 is 0 Å². The van der Waals surface area contributed by atoms with Crippen molar-refractivity contribution in [3.63, 3.8) is 0 Å². The van der Waals surface area contributed by atoms with Gasteiger partial charge in [0.25, 0.3) is 5.56 Å². The topological polar surface area (TPSA) is 80.4 Å². The molecular formula is C18H18F4N4O2. The molecule has 1 amide bonds. The lowest BCUT2D eigenvalue weighted by atomic mass is 10.1. The largest absolute Gasteiger partial charge is 0.394 e. The minimum absolute atomic E-state index is 0.0735. The third kappa shape index (κ3) is 4.39. The van der Waals surface area contributed by atoms with Gasteiger partial charge < -0.3 is 11.1 Å². The number of nitrogens with two attached hydrogens (primary N) is 1.